The zero-order chi connectivity index (χ0) is 20.1. The predicted octanol–water partition coefficient (Wildman–Crippen LogP) is 5.83. The van der Waals surface area contributed by atoms with Gasteiger partial charge in [-0.25, -0.2) is 0 Å². The molecule has 0 unspecified atom stereocenters. The van der Waals surface area contributed by atoms with Crippen molar-refractivity contribution in [1.82, 2.24) is 5.16 Å². The van der Waals surface area contributed by atoms with Gasteiger partial charge in [-0.2, -0.15) is 0 Å². The van der Waals surface area contributed by atoms with Gasteiger partial charge in [0.15, 0.2) is 11.5 Å². The second-order valence-electron chi connectivity index (χ2n) is 7.43. The lowest BCUT2D eigenvalue weighted by atomic mass is 9.86. The van der Waals surface area contributed by atoms with Gasteiger partial charge in [0, 0.05) is 23.4 Å². The molecule has 1 aliphatic carbocycles. The summed E-state index contributed by atoms with van der Waals surface area (Å²) in [5.41, 5.74) is 7.57. The summed E-state index contributed by atoms with van der Waals surface area (Å²) in [6.45, 7) is 6.88. The van der Waals surface area contributed by atoms with Crippen LogP contribution in [0.5, 0.6) is 0 Å². The van der Waals surface area contributed by atoms with Crippen molar-refractivity contribution < 1.29 is 9.32 Å². The number of fused-ring (bicyclic) bond motifs is 2. The van der Waals surface area contributed by atoms with E-state index >= 15 is 0 Å². The van der Waals surface area contributed by atoms with Gasteiger partial charge < -0.3 is 15.2 Å². The highest BCUT2D eigenvalue weighted by Gasteiger charge is 2.32. The lowest BCUT2D eigenvalue weighted by Gasteiger charge is -2.20. The molecule has 0 radical (unpaired) electrons. The third-order valence-corrected chi connectivity index (χ3v) is 5.43. The van der Waals surface area contributed by atoms with Gasteiger partial charge in [0.05, 0.1) is 22.3 Å². The van der Waals surface area contributed by atoms with Gasteiger partial charge in [0.1, 0.15) is 5.52 Å². The first kappa shape index (κ1) is 17.5. The van der Waals surface area contributed by atoms with Crippen molar-refractivity contribution in [3.63, 3.8) is 0 Å². The zero-order valence-corrected chi connectivity index (χ0v) is 16.6. The zero-order valence-electron chi connectivity index (χ0n) is 16.6. The summed E-state index contributed by atoms with van der Waals surface area (Å²) in [7, 11) is 0. The maximum absolute atomic E-state index is 13.5. The van der Waals surface area contributed by atoms with Crippen LogP contribution < -0.4 is 10.6 Å². The fraction of sp³-hybridized carbons (Fsp3) is 0.167. The molecule has 5 nitrogen and oxygen atoms in total. The van der Waals surface area contributed by atoms with Crippen molar-refractivity contribution in [2.24, 2.45) is 0 Å². The van der Waals surface area contributed by atoms with Crippen LogP contribution in [0.3, 0.4) is 0 Å². The third-order valence-electron chi connectivity index (χ3n) is 5.43. The molecule has 2 N–H and O–H groups in total. The van der Waals surface area contributed by atoms with Crippen molar-refractivity contribution >= 4 is 33.7 Å². The molecule has 144 valence electrons. The number of carbonyl (C=O) groups is 1. The van der Waals surface area contributed by atoms with Gasteiger partial charge in [-0.05, 0) is 44.0 Å². The van der Waals surface area contributed by atoms with Crippen LogP contribution in [0, 0.1) is 13.8 Å². The minimum atomic E-state index is -0.0165. The van der Waals surface area contributed by atoms with Crippen LogP contribution in [0.2, 0.25) is 0 Å². The molecule has 0 saturated heterocycles. The van der Waals surface area contributed by atoms with Crippen molar-refractivity contribution in [1.29, 1.82) is 0 Å². The minimum absolute atomic E-state index is 0.0165. The van der Waals surface area contributed by atoms with Crippen LogP contribution in [0.1, 0.15) is 34.0 Å². The minimum Gasteiger partial charge on any atom is -0.383 e. The number of aryl methyl sites for hydroxylation is 2. The molecule has 5 rings (SSSR count). The number of hydrogen-bond donors (Lipinski definition) is 2. The average molecular weight is 383 g/mol. The second kappa shape index (κ2) is 6.48. The number of aromatic nitrogens is 1. The Morgan fingerprint density at radius 2 is 1.76 bits per heavy atom. The van der Waals surface area contributed by atoms with E-state index in [0.717, 1.165) is 45.7 Å². The van der Waals surface area contributed by atoms with E-state index in [4.69, 9.17) is 4.52 Å². The van der Waals surface area contributed by atoms with Crippen molar-refractivity contribution in [3.05, 3.63) is 70.8 Å². The summed E-state index contributed by atoms with van der Waals surface area (Å²) in [5, 5.41) is 11.9. The van der Waals surface area contributed by atoms with E-state index in [-0.39, 0.29) is 5.78 Å². The predicted molar refractivity (Wildman–Crippen MR) is 116 cm³/mol. The van der Waals surface area contributed by atoms with Crippen molar-refractivity contribution in [2.75, 3.05) is 17.2 Å². The Morgan fingerprint density at radius 1 is 0.966 bits per heavy atom. The topological polar surface area (TPSA) is 67.2 Å². The first-order valence-electron chi connectivity index (χ1n) is 9.77. The molecule has 1 aromatic heterocycles. The smallest absolute Gasteiger partial charge is 0.196 e. The van der Waals surface area contributed by atoms with E-state index in [9.17, 15) is 4.79 Å². The number of nitrogens with one attached hydrogen (secondary N) is 2. The highest BCUT2D eigenvalue weighted by Crippen LogP contribution is 2.45. The first-order chi connectivity index (χ1) is 14.1. The summed E-state index contributed by atoms with van der Waals surface area (Å²) >= 11 is 0. The standard InChI is InChI=1S/C24H21N3O2/c1-4-25-19-12-18(26-17-11-13(2)9-10-14(17)3)20-21-22(19)27-29-24(21)16-8-6-5-7-15(16)23(20)28/h5-12,25-26H,4H2,1-3H3. The summed E-state index contributed by atoms with van der Waals surface area (Å²) in [6.07, 6.45) is 0. The summed E-state index contributed by atoms with van der Waals surface area (Å²) in [5.74, 6) is 0.631. The third kappa shape index (κ3) is 2.62. The lowest BCUT2D eigenvalue weighted by molar-refractivity contribution is 0.104. The maximum Gasteiger partial charge on any atom is 0.196 e. The van der Waals surface area contributed by atoms with Gasteiger partial charge in [0.2, 0.25) is 0 Å². The van der Waals surface area contributed by atoms with Crippen LogP contribution >= 0.6 is 0 Å². The van der Waals surface area contributed by atoms with Crippen LogP contribution in [-0.2, 0) is 0 Å². The van der Waals surface area contributed by atoms with Crippen LogP contribution in [0.25, 0.3) is 22.2 Å². The van der Waals surface area contributed by atoms with E-state index in [1.165, 1.54) is 0 Å². The fourth-order valence-corrected chi connectivity index (χ4v) is 4.00. The van der Waals surface area contributed by atoms with Gasteiger partial charge in [0.25, 0.3) is 0 Å². The quantitative estimate of drug-likeness (QED) is 0.409. The van der Waals surface area contributed by atoms with Gasteiger partial charge in [-0.15, -0.1) is 0 Å². The summed E-state index contributed by atoms with van der Waals surface area (Å²) in [6, 6.07) is 15.7. The Kier molecular flexibility index (Phi) is 3.91. The number of hydrogen-bond acceptors (Lipinski definition) is 5. The molecule has 0 atom stereocenters. The molecule has 0 aliphatic heterocycles. The molecule has 1 heterocycles. The van der Waals surface area contributed by atoms with Crippen LogP contribution in [0.15, 0.2) is 53.1 Å². The molecular weight excluding hydrogens is 362 g/mol. The Hall–Kier alpha value is -3.60. The van der Waals surface area contributed by atoms with Crippen LogP contribution in [0.4, 0.5) is 17.1 Å². The normalized spacial score (nSPS) is 12.2. The maximum atomic E-state index is 13.5. The van der Waals surface area contributed by atoms with E-state index in [1.807, 2.05) is 37.3 Å². The Balaban J connectivity index is 1.80. The Morgan fingerprint density at radius 3 is 2.55 bits per heavy atom. The summed E-state index contributed by atoms with van der Waals surface area (Å²) in [4.78, 5) is 13.5. The fourth-order valence-electron chi connectivity index (χ4n) is 4.00. The molecule has 0 amide bonds. The van der Waals surface area contributed by atoms with Crippen molar-refractivity contribution in [3.8, 4) is 11.3 Å². The number of benzene rings is 3. The number of carbonyl (C=O) groups excluding carboxylic acids is 1. The van der Waals surface area contributed by atoms with E-state index < -0.39 is 0 Å². The lowest BCUT2D eigenvalue weighted by Crippen LogP contribution is -2.12. The Labute approximate surface area is 168 Å². The largest absolute Gasteiger partial charge is 0.383 e. The monoisotopic (exact) mass is 383 g/mol. The molecule has 5 heteroatoms. The summed E-state index contributed by atoms with van der Waals surface area (Å²) < 4.78 is 5.74. The first-order valence-corrected chi connectivity index (χ1v) is 9.77. The highest BCUT2D eigenvalue weighted by molar-refractivity contribution is 6.28. The number of anilines is 3. The molecule has 29 heavy (non-hydrogen) atoms. The van der Waals surface area contributed by atoms with Gasteiger partial charge in [-0.1, -0.05) is 41.6 Å². The van der Waals surface area contributed by atoms with E-state index in [1.54, 1.807) is 0 Å². The SMILES string of the molecule is CCNc1cc(Nc2cc(C)ccc2C)c2c3c(onc13)-c1ccccc1C2=O. The molecule has 0 bridgehead atoms. The number of nitrogens with zero attached hydrogens (tertiary/aromatic N) is 1. The molecule has 1 aliphatic rings. The van der Waals surface area contributed by atoms with Crippen molar-refractivity contribution in [2.45, 2.75) is 20.8 Å². The molecule has 0 saturated carbocycles. The molecule has 0 spiro atoms. The van der Waals surface area contributed by atoms with Crippen LogP contribution in [-0.4, -0.2) is 17.5 Å². The molecule has 3 aromatic carbocycles. The average Bonchev–Trinajstić information content (AvgIpc) is 3.16. The number of ketones is 1. The van der Waals surface area contributed by atoms with E-state index in [2.05, 4.69) is 47.8 Å². The Bertz CT molecular complexity index is 1290. The van der Waals surface area contributed by atoms with Gasteiger partial charge in [-0.3, -0.25) is 4.79 Å². The molecular formula is C24H21N3O2. The highest BCUT2D eigenvalue weighted by atomic mass is 16.5. The second-order valence-corrected chi connectivity index (χ2v) is 7.43. The van der Waals surface area contributed by atoms with Gasteiger partial charge >= 0.3 is 0 Å². The molecule has 0 fully saturated rings. The van der Waals surface area contributed by atoms with E-state index in [0.29, 0.717) is 22.4 Å². The number of rotatable bonds is 4. The molecule has 4 aromatic rings.